The van der Waals surface area contributed by atoms with Crippen molar-refractivity contribution in [1.29, 1.82) is 0 Å². The zero-order valence-corrected chi connectivity index (χ0v) is 14.0. The van der Waals surface area contributed by atoms with E-state index in [0.717, 1.165) is 16.9 Å². The molecule has 5 nitrogen and oxygen atoms in total. The molecule has 0 saturated carbocycles. The van der Waals surface area contributed by atoms with Crippen molar-refractivity contribution in [2.45, 2.75) is 25.8 Å². The lowest BCUT2D eigenvalue weighted by Gasteiger charge is -2.24. The molecule has 0 aliphatic rings. The average Bonchev–Trinajstić information content (AvgIpc) is 2.59. The molecule has 24 heavy (non-hydrogen) atoms. The number of rotatable bonds is 6. The van der Waals surface area contributed by atoms with Gasteiger partial charge in [0.25, 0.3) is 0 Å². The number of benzene rings is 2. The zero-order valence-electron chi connectivity index (χ0n) is 14.0. The summed E-state index contributed by atoms with van der Waals surface area (Å²) in [5.41, 5.74) is 1.28. The van der Waals surface area contributed by atoms with Crippen LogP contribution in [-0.2, 0) is 16.8 Å². The predicted octanol–water partition coefficient (Wildman–Crippen LogP) is 2.99. The van der Waals surface area contributed by atoms with E-state index in [1.807, 2.05) is 38.1 Å². The molecule has 2 aromatic rings. The number of carboxylic acids is 1. The van der Waals surface area contributed by atoms with Gasteiger partial charge in [-0.2, -0.15) is 0 Å². The van der Waals surface area contributed by atoms with E-state index in [2.05, 4.69) is 5.32 Å². The van der Waals surface area contributed by atoms with Crippen LogP contribution in [0, 0.1) is 0 Å². The van der Waals surface area contributed by atoms with Crippen molar-refractivity contribution in [3.05, 3.63) is 65.2 Å². The van der Waals surface area contributed by atoms with Gasteiger partial charge in [0.2, 0.25) is 5.91 Å². The highest BCUT2D eigenvalue weighted by molar-refractivity contribution is 5.88. The monoisotopic (exact) mass is 327 g/mol. The lowest BCUT2D eigenvalue weighted by Crippen LogP contribution is -2.39. The Kier molecular flexibility index (Phi) is 5.24. The summed E-state index contributed by atoms with van der Waals surface area (Å²) in [6, 6.07) is 13.9. The zero-order chi connectivity index (χ0) is 17.7. The van der Waals surface area contributed by atoms with E-state index in [-0.39, 0.29) is 11.5 Å². The van der Waals surface area contributed by atoms with Crippen LogP contribution in [0.1, 0.15) is 35.3 Å². The third-order valence-electron chi connectivity index (χ3n) is 4.03. The first-order valence-corrected chi connectivity index (χ1v) is 7.59. The molecule has 0 heterocycles. The Balaban J connectivity index is 2.03. The minimum atomic E-state index is -0.966. The number of carbonyl (C=O) groups is 2. The van der Waals surface area contributed by atoms with E-state index in [0.29, 0.717) is 6.54 Å². The second-order valence-electron chi connectivity index (χ2n) is 6.04. The number of carbonyl (C=O) groups excluding carboxylic acids is 1. The lowest BCUT2D eigenvalue weighted by molar-refractivity contribution is -0.125. The van der Waals surface area contributed by atoms with Crippen molar-refractivity contribution in [1.82, 2.24) is 5.32 Å². The van der Waals surface area contributed by atoms with Crippen molar-refractivity contribution >= 4 is 11.9 Å². The van der Waals surface area contributed by atoms with Crippen molar-refractivity contribution in [3.8, 4) is 5.75 Å². The lowest BCUT2D eigenvalue weighted by atomic mass is 9.83. The van der Waals surface area contributed by atoms with E-state index < -0.39 is 11.4 Å². The molecule has 0 unspecified atom stereocenters. The highest BCUT2D eigenvalue weighted by Gasteiger charge is 2.29. The van der Waals surface area contributed by atoms with Crippen LogP contribution in [0.4, 0.5) is 0 Å². The molecular formula is C19H21NO4. The highest BCUT2D eigenvalue weighted by Crippen LogP contribution is 2.25. The third kappa shape index (κ3) is 3.93. The largest absolute Gasteiger partial charge is 0.497 e. The van der Waals surface area contributed by atoms with Crippen LogP contribution in [0.15, 0.2) is 48.5 Å². The van der Waals surface area contributed by atoms with Gasteiger partial charge in [-0.05, 0) is 49.2 Å². The molecule has 0 aliphatic heterocycles. The van der Waals surface area contributed by atoms with Crippen LogP contribution in [0.3, 0.4) is 0 Å². The molecule has 0 aromatic heterocycles. The molecule has 0 radical (unpaired) electrons. The molecule has 0 spiro atoms. The molecule has 1 amide bonds. The molecule has 5 heteroatoms. The second-order valence-corrected chi connectivity index (χ2v) is 6.04. The number of ether oxygens (including phenoxy) is 1. The first-order chi connectivity index (χ1) is 11.3. The summed E-state index contributed by atoms with van der Waals surface area (Å²) in [4.78, 5) is 23.4. The summed E-state index contributed by atoms with van der Waals surface area (Å²) >= 11 is 0. The Labute approximate surface area is 141 Å². The minimum absolute atomic E-state index is 0.102. The Morgan fingerprint density at radius 1 is 1.04 bits per heavy atom. The fourth-order valence-corrected chi connectivity index (χ4v) is 2.31. The molecule has 0 saturated heterocycles. The van der Waals surface area contributed by atoms with Gasteiger partial charge in [-0.15, -0.1) is 0 Å². The Morgan fingerprint density at radius 2 is 1.62 bits per heavy atom. The van der Waals surface area contributed by atoms with Gasteiger partial charge >= 0.3 is 5.97 Å². The number of amides is 1. The summed E-state index contributed by atoms with van der Waals surface area (Å²) in [6.45, 7) is 4.06. The molecule has 126 valence electrons. The third-order valence-corrected chi connectivity index (χ3v) is 4.03. The van der Waals surface area contributed by atoms with E-state index >= 15 is 0 Å². The quantitative estimate of drug-likeness (QED) is 0.855. The SMILES string of the molecule is COc1ccc(C(C)(C)C(=O)NCc2ccc(C(=O)O)cc2)cc1. The minimum Gasteiger partial charge on any atom is -0.497 e. The van der Waals surface area contributed by atoms with Gasteiger partial charge in [-0.1, -0.05) is 24.3 Å². The molecule has 2 aromatic carbocycles. The number of nitrogens with one attached hydrogen (secondary N) is 1. The van der Waals surface area contributed by atoms with E-state index in [9.17, 15) is 9.59 Å². The van der Waals surface area contributed by atoms with Gasteiger partial charge in [0, 0.05) is 6.54 Å². The van der Waals surface area contributed by atoms with E-state index in [4.69, 9.17) is 9.84 Å². The highest BCUT2D eigenvalue weighted by atomic mass is 16.5. The number of hydrogen-bond donors (Lipinski definition) is 2. The molecule has 0 aliphatic carbocycles. The van der Waals surface area contributed by atoms with E-state index in [1.54, 1.807) is 19.2 Å². The molecule has 0 atom stereocenters. The first-order valence-electron chi connectivity index (χ1n) is 7.59. The summed E-state index contributed by atoms with van der Waals surface area (Å²) < 4.78 is 5.13. The van der Waals surface area contributed by atoms with Gasteiger partial charge < -0.3 is 15.2 Å². The van der Waals surface area contributed by atoms with Gasteiger partial charge in [0.15, 0.2) is 0 Å². The van der Waals surface area contributed by atoms with Gasteiger partial charge in [0.1, 0.15) is 5.75 Å². The summed E-state index contributed by atoms with van der Waals surface area (Å²) in [6.07, 6.45) is 0. The summed E-state index contributed by atoms with van der Waals surface area (Å²) in [5.74, 6) is -0.324. The smallest absolute Gasteiger partial charge is 0.335 e. The fraction of sp³-hybridized carbons (Fsp3) is 0.263. The first kappa shape index (κ1) is 17.5. The molecule has 2 rings (SSSR count). The average molecular weight is 327 g/mol. The van der Waals surface area contributed by atoms with Gasteiger partial charge in [-0.3, -0.25) is 4.79 Å². The maximum Gasteiger partial charge on any atom is 0.335 e. The number of hydrogen-bond acceptors (Lipinski definition) is 3. The maximum atomic E-state index is 12.5. The van der Waals surface area contributed by atoms with Crippen molar-refractivity contribution < 1.29 is 19.4 Å². The van der Waals surface area contributed by atoms with Crippen LogP contribution in [0.2, 0.25) is 0 Å². The summed E-state index contributed by atoms with van der Waals surface area (Å²) in [7, 11) is 1.60. The van der Waals surface area contributed by atoms with Crippen molar-refractivity contribution in [3.63, 3.8) is 0 Å². The normalized spacial score (nSPS) is 11.0. The van der Waals surface area contributed by atoms with Crippen LogP contribution in [-0.4, -0.2) is 24.1 Å². The van der Waals surface area contributed by atoms with Crippen LogP contribution >= 0.6 is 0 Å². The maximum absolute atomic E-state index is 12.5. The van der Waals surface area contributed by atoms with Crippen LogP contribution < -0.4 is 10.1 Å². The fourth-order valence-electron chi connectivity index (χ4n) is 2.31. The topological polar surface area (TPSA) is 75.6 Å². The molecule has 2 N–H and O–H groups in total. The number of methoxy groups -OCH3 is 1. The Bertz CT molecular complexity index is 718. The molecule has 0 bridgehead atoms. The molecule has 0 fully saturated rings. The Hall–Kier alpha value is -2.82. The van der Waals surface area contributed by atoms with Crippen LogP contribution in [0.5, 0.6) is 5.75 Å². The second kappa shape index (κ2) is 7.17. The van der Waals surface area contributed by atoms with Gasteiger partial charge in [0.05, 0.1) is 18.1 Å². The predicted molar refractivity (Wildman–Crippen MR) is 91.3 cm³/mol. The standard InChI is InChI=1S/C19H21NO4/c1-19(2,15-8-10-16(24-3)11-9-15)18(23)20-12-13-4-6-14(7-5-13)17(21)22/h4-11H,12H2,1-3H3,(H,20,23)(H,21,22). The number of carboxylic acid groups (broad SMARTS) is 1. The number of aromatic carboxylic acids is 1. The Morgan fingerprint density at radius 3 is 2.12 bits per heavy atom. The summed E-state index contributed by atoms with van der Waals surface area (Å²) in [5, 5.41) is 11.8. The van der Waals surface area contributed by atoms with Crippen LogP contribution in [0.25, 0.3) is 0 Å². The molecular weight excluding hydrogens is 306 g/mol. The van der Waals surface area contributed by atoms with Gasteiger partial charge in [-0.25, -0.2) is 4.79 Å². The van der Waals surface area contributed by atoms with E-state index in [1.165, 1.54) is 12.1 Å². The van der Waals surface area contributed by atoms with Crippen molar-refractivity contribution in [2.75, 3.05) is 7.11 Å². The van der Waals surface area contributed by atoms with Crippen molar-refractivity contribution in [2.24, 2.45) is 0 Å².